The van der Waals surface area contributed by atoms with E-state index in [0.29, 0.717) is 5.56 Å². The van der Waals surface area contributed by atoms with Crippen molar-refractivity contribution in [1.82, 2.24) is 0 Å². The molecular formula is C14H18O5. The van der Waals surface area contributed by atoms with Gasteiger partial charge in [0.25, 0.3) is 0 Å². The lowest BCUT2D eigenvalue weighted by Gasteiger charge is -2.27. The second kappa shape index (κ2) is 6.33. The molecule has 0 amide bonds. The van der Waals surface area contributed by atoms with E-state index in [4.69, 9.17) is 9.84 Å². The Labute approximate surface area is 111 Å². The highest BCUT2D eigenvalue weighted by Crippen LogP contribution is 2.30. The molecule has 1 atom stereocenters. The topological polar surface area (TPSA) is 83.8 Å². The van der Waals surface area contributed by atoms with Gasteiger partial charge < -0.3 is 14.9 Å². The molecule has 0 aromatic heterocycles. The normalized spacial score (nSPS) is 13.6. The van der Waals surface area contributed by atoms with Gasteiger partial charge in [-0.1, -0.05) is 29.8 Å². The Balaban J connectivity index is 3.34. The van der Waals surface area contributed by atoms with Crippen LogP contribution in [0.5, 0.6) is 0 Å². The van der Waals surface area contributed by atoms with Crippen LogP contribution in [-0.2, 0) is 19.7 Å². The van der Waals surface area contributed by atoms with E-state index in [1.54, 1.807) is 31.2 Å². The molecule has 0 fully saturated rings. The lowest BCUT2D eigenvalue weighted by Crippen LogP contribution is -2.45. The summed E-state index contributed by atoms with van der Waals surface area (Å²) in [5.41, 5.74) is -0.577. The fraction of sp³-hybridized carbons (Fsp3) is 0.429. The molecule has 1 rings (SSSR count). The minimum Gasteiger partial charge on any atom is -0.480 e. The zero-order valence-electron chi connectivity index (χ0n) is 11.0. The summed E-state index contributed by atoms with van der Waals surface area (Å²) in [5, 5.41) is 18.6. The van der Waals surface area contributed by atoms with E-state index in [-0.39, 0.29) is 13.0 Å². The molecule has 1 unspecified atom stereocenters. The maximum absolute atomic E-state index is 12.1. The number of aryl methyl sites for hydroxylation is 1. The number of rotatable bonds is 6. The van der Waals surface area contributed by atoms with Crippen LogP contribution in [0.15, 0.2) is 24.3 Å². The molecule has 5 nitrogen and oxygen atoms in total. The van der Waals surface area contributed by atoms with Crippen LogP contribution in [0.1, 0.15) is 24.5 Å². The zero-order valence-corrected chi connectivity index (χ0v) is 11.0. The summed E-state index contributed by atoms with van der Waals surface area (Å²) in [6.45, 7) is 3.14. The summed E-state index contributed by atoms with van der Waals surface area (Å²) >= 11 is 0. The number of benzene rings is 1. The van der Waals surface area contributed by atoms with E-state index >= 15 is 0 Å². The largest absolute Gasteiger partial charge is 0.480 e. The number of ether oxygens (including phenoxy) is 1. The predicted octanol–water partition coefficient (Wildman–Crippen LogP) is 1.26. The molecule has 0 radical (unpaired) electrons. The van der Waals surface area contributed by atoms with Crippen molar-refractivity contribution in [2.45, 2.75) is 25.7 Å². The van der Waals surface area contributed by atoms with Gasteiger partial charge in [-0.25, -0.2) is 0 Å². The van der Waals surface area contributed by atoms with Gasteiger partial charge in [-0.3, -0.25) is 9.59 Å². The third kappa shape index (κ3) is 2.93. The Morgan fingerprint density at radius 3 is 2.26 bits per heavy atom. The predicted molar refractivity (Wildman–Crippen MR) is 68.8 cm³/mol. The highest BCUT2D eigenvalue weighted by atomic mass is 16.5. The summed E-state index contributed by atoms with van der Waals surface area (Å²) in [6, 6.07) is 6.61. The van der Waals surface area contributed by atoms with E-state index in [1.807, 2.05) is 6.92 Å². The molecule has 0 saturated carbocycles. The smallest absolute Gasteiger partial charge is 0.328 e. The lowest BCUT2D eigenvalue weighted by atomic mass is 9.77. The Kier molecular flexibility index (Phi) is 5.06. The van der Waals surface area contributed by atoms with Crippen molar-refractivity contribution in [3.05, 3.63) is 35.4 Å². The van der Waals surface area contributed by atoms with Crippen molar-refractivity contribution >= 4 is 11.9 Å². The van der Waals surface area contributed by atoms with Crippen LogP contribution in [0.4, 0.5) is 0 Å². The number of esters is 1. The van der Waals surface area contributed by atoms with E-state index in [0.717, 1.165) is 5.56 Å². The molecule has 0 bridgehead atoms. The quantitative estimate of drug-likeness (QED) is 0.598. The number of carboxylic acid groups (broad SMARTS) is 1. The molecule has 1 aromatic carbocycles. The number of hydrogen-bond donors (Lipinski definition) is 2. The number of aliphatic hydroxyl groups excluding tert-OH is 1. The summed E-state index contributed by atoms with van der Waals surface area (Å²) in [5.74, 6) is -2.16. The maximum Gasteiger partial charge on any atom is 0.328 e. The summed E-state index contributed by atoms with van der Waals surface area (Å²) < 4.78 is 4.88. The molecule has 5 heteroatoms. The molecule has 1 aromatic rings. The van der Waals surface area contributed by atoms with Crippen LogP contribution in [0, 0.1) is 6.92 Å². The molecule has 0 aliphatic carbocycles. The number of carbonyl (C=O) groups is 2. The monoisotopic (exact) mass is 266 g/mol. The fourth-order valence-electron chi connectivity index (χ4n) is 1.94. The first kappa shape index (κ1) is 15.2. The minimum absolute atomic E-state index is 0.0884. The molecule has 0 aliphatic rings. The number of carbonyl (C=O) groups excluding carboxylic acids is 1. The van der Waals surface area contributed by atoms with Gasteiger partial charge >= 0.3 is 11.9 Å². The Bertz CT molecular complexity index is 451. The molecular weight excluding hydrogens is 248 g/mol. The van der Waals surface area contributed by atoms with Crippen molar-refractivity contribution < 1.29 is 24.5 Å². The van der Waals surface area contributed by atoms with Crippen LogP contribution < -0.4 is 0 Å². The molecule has 0 aliphatic heterocycles. The van der Waals surface area contributed by atoms with Crippen LogP contribution in [0.3, 0.4) is 0 Å². The van der Waals surface area contributed by atoms with Crippen LogP contribution in [0.25, 0.3) is 0 Å². The molecule has 2 N–H and O–H groups in total. The van der Waals surface area contributed by atoms with Crippen LogP contribution >= 0.6 is 0 Å². The SMILES string of the molecule is CCOC(=O)C(CCO)(C(=O)O)c1ccc(C)cc1. The van der Waals surface area contributed by atoms with E-state index in [2.05, 4.69) is 0 Å². The highest BCUT2D eigenvalue weighted by molar-refractivity contribution is 6.05. The number of aliphatic carboxylic acids is 1. The second-order valence-electron chi connectivity index (χ2n) is 4.27. The third-order valence-corrected chi connectivity index (χ3v) is 3.02. The summed E-state index contributed by atoms with van der Waals surface area (Å²) in [4.78, 5) is 23.7. The average molecular weight is 266 g/mol. The highest BCUT2D eigenvalue weighted by Gasteiger charge is 2.48. The van der Waals surface area contributed by atoms with Crippen molar-refractivity contribution in [2.24, 2.45) is 0 Å². The standard InChI is InChI=1S/C14H18O5/c1-3-19-13(18)14(8-9-15,12(16)17)11-6-4-10(2)5-7-11/h4-7,15H,3,8-9H2,1-2H3,(H,16,17). The Morgan fingerprint density at radius 1 is 1.26 bits per heavy atom. The van der Waals surface area contributed by atoms with Gasteiger partial charge in [-0.15, -0.1) is 0 Å². The number of carboxylic acids is 1. The first-order valence-corrected chi connectivity index (χ1v) is 6.07. The first-order chi connectivity index (χ1) is 8.98. The second-order valence-corrected chi connectivity index (χ2v) is 4.27. The molecule has 0 heterocycles. The first-order valence-electron chi connectivity index (χ1n) is 6.07. The average Bonchev–Trinajstić information content (AvgIpc) is 2.37. The van der Waals surface area contributed by atoms with Crippen molar-refractivity contribution in [3.63, 3.8) is 0 Å². The van der Waals surface area contributed by atoms with E-state index in [9.17, 15) is 14.7 Å². The molecule has 0 spiro atoms. The van der Waals surface area contributed by atoms with Gasteiger partial charge in [-0.2, -0.15) is 0 Å². The van der Waals surface area contributed by atoms with Crippen molar-refractivity contribution in [2.75, 3.05) is 13.2 Å². The minimum atomic E-state index is -1.85. The number of hydrogen-bond acceptors (Lipinski definition) is 4. The van der Waals surface area contributed by atoms with E-state index < -0.39 is 24.0 Å². The van der Waals surface area contributed by atoms with Gasteiger partial charge in [0.1, 0.15) is 0 Å². The van der Waals surface area contributed by atoms with Gasteiger partial charge in [0, 0.05) is 13.0 Å². The Morgan fingerprint density at radius 2 is 1.84 bits per heavy atom. The van der Waals surface area contributed by atoms with Gasteiger partial charge in [0.2, 0.25) is 0 Å². The maximum atomic E-state index is 12.1. The van der Waals surface area contributed by atoms with Crippen molar-refractivity contribution in [1.29, 1.82) is 0 Å². The molecule has 0 saturated heterocycles. The van der Waals surface area contributed by atoms with Gasteiger partial charge in [0.15, 0.2) is 5.41 Å². The van der Waals surface area contributed by atoms with E-state index in [1.165, 1.54) is 0 Å². The van der Waals surface area contributed by atoms with Gasteiger partial charge in [-0.05, 0) is 19.4 Å². The Hall–Kier alpha value is -1.88. The molecule has 19 heavy (non-hydrogen) atoms. The molecule has 104 valence electrons. The third-order valence-electron chi connectivity index (χ3n) is 3.02. The number of aliphatic hydroxyl groups is 1. The van der Waals surface area contributed by atoms with Gasteiger partial charge in [0.05, 0.1) is 6.61 Å². The summed E-state index contributed by atoms with van der Waals surface area (Å²) in [6.07, 6.45) is -0.218. The van der Waals surface area contributed by atoms with Crippen LogP contribution in [0.2, 0.25) is 0 Å². The summed E-state index contributed by atoms with van der Waals surface area (Å²) in [7, 11) is 0. The van der Waals surface area contributed by atoms with Crippen LogP contribution in [-0.4, -0.2) is 35.4 Å². The fourth-order valence-corrected chi connectivity index (χ4v) is 1.94. The lowest BCUT2D eigenvalue weighted by molar-refractivity contribution is -0.162. The van der Waals surface area contributed by atoms with Crippen molar-refractivity contribution in [3.8, 4) is 0 Å². The zero-order chi connectivity index (χ0) is 14.5.